The van der Waals surface area contributed by atoms with Gasteiger partial charge in [-0.15, -0.1) is 0 Å². The summed E-state index contributed by atoms with van der Waals surface area (Å²) in [4.78, 5) is 22.6. The molecule has 1 aromatic carbocycles. The summed E-state index contributed by atoms with van der Waals surface area (Å²) in [5.41, 5.74) is 0.487. The first-order valence-electron chi connectivity index (χ1n) is 4.11. The molecule has 0 fully saturated rings. The highest BCUT2D eigenvalue weighted by Crippen LogP contribution is 2.37. The first kappa shape index (κ1) is 9.32. The summed E-state index contributed by atoms with van der Waals surface area (Å²) in [5, 5.41) is 27.1. The number of rotatable bonds is 0. The first-order valence-corrected chi connectivity index (χ1v) is 4.11. The molecule has 15 heavy (non-hydrogen) atoms. The van der Waals surface area contributed by atoms with Crippen molar-refractivity contribution in [3.05, 3.63) is 17.7 Å². The molecular formula is C9H7NO5. The molecule has 6 nitrogen and oxygen atoms in total. The third-order valence-corrected chi connectivity index (χ3v) is 2.20. The van der Waals surface area contributed by atoms with E-state index in [4.69, 9.17) is 10.2 Å². The van der Waals surface area contributed by atoms with E-state index in [1.807, 2.05) is 0 Å². The van der Waals surface area contributed by atoms with Gasteiger partial charge in [-0.1, -0.05) is 0 Å². The van der Waals surface area contributed by atoms with Gasteiger partial charge in [-0.25, -0.2) is 9.69 Å². The van der Waals surface area contributed by atoms with Crippen LogP contribution < -0.4 is 4.90 Å². The summed E-state index contributed by atoms with van der Waals surface area (Å²) in [6, 6.07) is 2.25. The summed E-state index contributed by atoms with van der Waals surface area (Å²) in [6.07, 6.45) is -1.49. The maximum absolute atomic E-state index is 11.3. The third-order valence-electron chi connectivity index (χ3n) is 2.20. The van der Waals surface area contributed by atoms with Crippen molar-refractivity contribution >= 4 is 17.7 Å². The minimum Gasteiger partial charge on any atom is -0.504 e. The van der Waals surface area contributed by atoms with Crippen molar-refractivity contribution in [2.24, 2.45) is 0 Å². The van der Waals surface area contributed by atoms with Crippen LogP contribution in [-0.2, 0) is 11.2 Å². The van der Waals surface area contributed by atoms with E-state index in [9.17, 15) is 14.7 Å². The Morgan fingerprint density at radius 2 is 1.87 bits per heavy atom. The number of nitrogens with zero attached hydrogens (tertiary/aromatic N) is 1. The average molecular weight is 209 g/mol. The van der Waals surface area contributed by atoms with Crippen LogP contribution in [0.15, 0.2) is 12.1 Å². The van der Waals surface area contributed by atoms with Crippen molar-refractivity contribution in [3.8, 4) is 11.5 Å². The molecule has 2 amide bonds. The van der Waals surface area contributed by atoms with E-state index in [0.717, 1.165) is 6.07 Å². The number of benzene rings is 1. The number of phenols is 2. The van der Waals surface area contributed by atoms with Crippen molar-refractivity contribution in [3.63, 3.8) is 0 Å². The van der Waals surface area contributed by atoms with Gasteiger partial charge >= 0.3 is 6.09 Å². The second kappa shape index (κ2) is 2.88. The lowest BCUT2D eigenvalue weighted by Gasteiger charge is -2.10. The van der Waals surface area contributed by atoms with Gasteiger partial charge in [-0.3, -0.25) is 4.79 Å². The van der Waals surface area contributed by atoms with Crippen LogP contribution >= 0.6 is 0 Å². The zero-order chi connectivity index (χ0) is 11.2. The second-order valence-electron chi connectivity index (χ2n) is 3.16. The molecule has 3 N–H and O–H groups in total. The molecule has 0 radical (unpaired) electrons. The Morgan fingerprint density at radius 3 is 2.47 bits per heavy atom. The van der Waals surface area contributed by atoms with Crippen LogP contribution in [0.2, 0.25) is 0 Å². The number of phenolic OH excluding ortho intramolecular Hbond substituents is 2. The van der Waals surface area contributed by atoms with Gasteiger partial charge in [0, 0.05) is 6.07 Å². The van der Waals surface area contributed by atoms with Crippen LogP contribution in [-0.4, -0.2) is 27.3 Å². The van der Waals surface area contributed by atoms with Gasteiger partial charge in [-0.05, 0) is 11.6 Å². The van der Waals surface area contributed by atoms with E-state index in [-0.39, 0.29) is 17.9 Å². The van der Waals surface area contributed by atoms with E-state index >= 15 is 0 Å². The first-order chi connectivity index (χ1) is 7.00. The highest BCUT2D eigenvalue weighted by atomic mass is 16.4. The molecule has 0 bridgehead atoms. The van der Waals surface area contributed by atoms with Gasteiger partial charge < -0.3 is 15.3 Å². The lowest BCUT2D eigenvalue weighted by atomic mass is 10.1. The fourth-order valence-electron chi connectivity index (χ4n) is 1.54. The molecule has 0 atom stereocenters. The fraction of sp³-hybridized carbons (Fsp3) is 0.111. The van der Waals surface area contributed by atoms with Crippen LogP contribution in [0.3, 0.4) is 0 Å². The Hall–Kier alpha value is -2.24. The van der Waals surface area contributed by atoms with Gasteiger partial charge in [0.05, 0.1) is 12.1 Å². The summed E-state index contributed by atoms with van der Waals surface area (Å²) in [6.45, 7) is 0. The Balaban J connectivity index is 2.59. The molecule has 1 aromatic rings. The maximum Gasteiger partial charge on any atom is 0.418 e. The van der Waals surface area contributed by atoms with Gasteiger partial charge in [0.1, 0.15) is 0 Å². The fourth-order valence-corrected chi connectivity index (χ4v) is 1.54. The zero-order valence-corrected chi connectivity index (χ0v) is 7.47. The molecule has 0 spiro atoms. The van der Waals surface area contributed by atoms with Gasteiger partial charge in [0.2, 0.25) is 5.91 Å². The third kappa shape index (κ3) is 1.26. The lowest BCUT2D eigenvalue weighted by molar-refractivity contribution is -0.116. The molecule has 1 heterocycles. The van der Waals surface area contributed by atoms with Gasteiger partial charge in [-0.2, -0.15) is 0 Å². The Labute approximate surface area is 84.0 Å². The Morgan fingerprint density at radius 1 is 1.27 bits per heavy atom. The predicted molar refractivity (Wildman–Crippen MR) is 49.0 cm³/mol. The number of hydrogen-bond acceptors (Lipinski definition) is 4. The van der Waals surface area contributed by atoms with E-state index in [1.165, 1.54) is 6.07 Å². The number of amides is 2. The SMILES string of the molecule is O=C(O)N1C(=O)Cc2cc(O)c(O)cc21. The summed E-state index contributed by atoms with van der Waals surface area (Å²) < 4.78 is 0. The van der Waals surface area contributed by atoms with Crippen LogP contribution in [0.1, 0.15) is 5.56 Å². The quantitative estimate of drug-likeness (QED) is 0.545. The summed E-state index contributed by atoms with van der Waals surface area (Å²) in [5.74, 6) is -1.41. The minimum atomic E-state index is -1.40. The summed E-state index contributed by atoms with van der Waals surface area (Å²) >= 11 is 0. The number of hydrogen-bond donors (Lipinski definition) is 3. The molecule has 2 rings (SSSR count). The van der Waals surface area contributed by atoms with Crippen molar-refractivity contribution in [1.82, 2.24) is 0 Å². The molecule has 0 saturated carbocycles. The molecule has 0 unspecified atom stereocenters. The number of carbonyl (C=O) groups excluding carboxylic acids is 1. The molecule has 1 aliphatic heterocycles. The number of anilines is 1. The second-order valence-corrected chi connectivity index (χ2v) is 3.16. The molecule has 0 aromatic heterocycles. The minimum absolute atomic E-state index is 0.0878. The standard InChI is InChI=1S/C9H7NO5/c11-6-1-4-2-8(13)10(9(14)15)5(4)3-7(6)12/h1,3,11-12H,2H2,(H,14,15). The van der Waals surface area contributed by atoms with Gasteiger partial charge in [0.15, 0.2) is 11.5 Å². The monoisotopic (exact) mass is 209 g/mol. The van der Waals surface area contributed by atoms with Crippen LogP contribution in [0, 0.1) is 0 Å². The molecular weight excluding hydrogens is 202 g/mol. The lowest BCUT2D eigenvalue weighted by Crippen LogP contribution is -2.31. The van der Waals surface area contributed by atoms with Crippen molar-refractivity contribution in [2.45, 2.75) is 6.42 Å². The van der Waals surface area contributed by atoms with E-state index in [0.29, 0.717) is 10.5 Å². The average Bonchev–Trinajstić information content (AvgIpc) is 2.41. The van der Waals surface area contributed by atoms with E-state index in [1.54, 1.807) is 0 Å². The Kier molecular flexibility index (Phi) is 1.79. The van der Waals surface area contributed by atoms with Crippen molar-refractivity contribution in [2.75, 3.05) is 4.90 Å². The maximum atomic E-state index is 11.3. The molecule has 1 aliphatic rings. The van der Waals surface area contributed by atoms with Crippen LogP contribution in [0.25, 0.3) is 0 Å². The highest BCUT2D eigenvalue weighted by Gasteiger charge is 2.33. The molecule has 0 saturated heterocycles. The number of fused-ring (bicyclic) bond motifs is 1. The normalized spacial score (nSPS) is 14.1. The number of imide groups is 1. The predicted octanol–water partition coefficient (Wildman–Crippen LogP) is 0.665. The smallest absolute Gasteiger partial charge is 0.418 e. The largest absolute Gasteiger partial charge is 0.504 e. The molecule has 6 heteroatoms. The van der Waals surface area contributed by atoms with Crippen LogP contribution in [0.4, 0.5) is 10.5 Å². The summed E-state index contributed by atoms with van der Waals surface area (Å²) in [7, 11) is 0. The number of aromatic hydroxyl groups is 2. The van der Waals surface area contributed by atoms with E-state index in [2.05, 4.69) is 0 Å². The number of carbonyl (C=O) groups is 2. The topological polar surface area (TPSA) is 98.1 Å². The van der Waals surface area contributed by atoms with Crippen molar-refractivity contribution < 1.29 is 24.9 Å². The van der Waals surface area contributed by atoms with E-state index < -0.39 is 17.7 Å². The van der Waals surface area contributed by atoms with Crippen molar-refractivity contribution in [1.29, 1.82) is 0 Å². The molecule has 0 aliphatic carbocycles. The number of carboxylic acid groups (broad SMARTS) is 1. The molecule has 78 valence electrons. The zero-order valence-electron chi connectivity index (χ0n) is 7.47. The highest BCUT2D eigenvalue weighted by molar-refractivity contribution is 6.16. The van der Waals surface area contributed by atoms with Gasteiger partial charge in [0.25, 0.3) is 0 Å². The Bertz CT molecular complexity index is 468. The van der Waals surface area contributed by atoms with Crippen LogP contribution in [0.5, 0.6) is 11.5 Å².